The van der Waals surface area contributed by atoms with Crippen LogP contribution < -0.4 is 4.90 Å². The van der Waals surface area contributed by atoms with E-state index in [9.17, 15) is 24.5 Å². The van der Waals surface area contributed by atoms with Crippen LogP contribution in [-0.2, 0) is 15.3 Å². The molecule has 140 valence electrons. The number of non-ortho nitro benzene ring substituents is 1. The van der Waals surface area contributed by atoms with E-state index in [2.05, 4.69) is 0 Å². The molecule has 3 aliphatic rings. The van der Waals surface area contributed by atoms with Crippen LogP contribution in [0.25, 0.3) is 0 Å². The Kier molecular flexibility index (Phi) is 3.16. The summed E-state index contributed by atoms with van der Waals surface area (Å²) < 4.78 is 5.56. The van der Waals surface area contributed by atoms with Gasteiger partial charge < -0.3 is 4.74 Å². The van der Waals surface area contributed by atoms with Crippen molar-refractivity contribution in [2.75, 3.05) is 4.90 Å². The zero-order chi connectivity index (χ0) is 19.6. The maximum atomic E-state index is 13.5. The van der Waals surface area contributed by atoms with Crippen LogP contribution >= 0.6 is 0 Å². The number of fused-ring (bicyclic) bond motifs is 2. The van der Waals surface area contributed by atoms with Crippen molar-refractivity contribution in [2.24, 2.45) is 0 Å². The Labute approximate surface area is 158 Å². The van der Waals surface area contributed by atoms with Gasteiger partial charge in [-0.15, -0.1) is 0 Å². The summed E-state index contributed by atoms with van der Waals surface area (Å²) in [6.07, 6.45) is 1.41. The molecule has 1 spiro atoms. The summed E-state index contributed by atoms with van der Waals surface area (Å²) in [5.41, 5.74) is -1.21. The summed E-state index contributed by atoms with van der Waals surface area (Å²) in [6, 6.07) is 10.8. The molecule has 28 heavy (non-hydrogen) atoms. The second-order valence-corrected chi connectivity index (χ2v) is 6.88. The molecule has 1 saturated carbocycles. The molecule has 3 amide bonds. The molecule has 1 unspecified atom stereocenters. The molecule has 0 aromatic heterocycles. The number of benzene rings is 2. The number of anilines is 1. The summed E-state index contributed by atoms with van der Waals surface area (Å²) in [5, 5.41) is 10.9. The van der Waals surface area contributed by atoms with Crippen LogP contribution in [0.3, 0.4) is 0 Å². The molecule has 2 aromatic carbocycles. The second kappa shape index (κ2) is 5.38. The van der Waals surface area contributed by atoms with Crippen molar-refractivity contribution in [1.82, 2.24) is 4.90 Å². The van der Waals surface area contributed by atoms with Crippen molar-refractivity contribution in [3.05, 3.63) is 69.8 Å². The molecule has 5 rings (SSSR count). The number of carbonyl (C=O) groups is 3. The molecule has 0 bridgehead atoms. The van der Waals surface area contributed by atoms with Crippen molar-refractivity contribution in [3.8, 4) is 0 Å². The summed E-state index contributed by atoms with van der Waals surface area (Å²) >= 11 is 0. The van der Waals surface area contributed by atoms with Crippen molar-refractivity contribution >= 4 is 29.3 Å². The molecule has 0 radical (unpaired) electrons. The minimum Gasteiger partial charge on any atom is -0.421 e. The Morgan fingerprint density at radius 1 is 1.04 bits per heavy atom. The van der Waals surface area contributed by atoms with Gasteiger partial charge in [0.15, 0.2) is 0 Å². The van der Waals surface area contributed by atoms with E-state index >= 15 is 0 Å². The molecule has 2 aliphatic heterocycles. The topological polar surface area (TPSA) is 110 Å². The van der Waals surface area contributed by atoms with E-state index in [0.29, 0.717) is 18.4 Å². The van der Waals surface area contributed by atoms with Gasteiger partial charge in [0.1, 0.15) is 0 Å². The number of nitro groups is 1. The Morgan fingerprint density at radius 2 is 1.71 bits per heavy atom. The van der Waals surface area contributed by atoms with Crippen LogP contribution in [0.15, 0.2) is 48.5 Å². The molecular formula is C19H13N3O6. The maximum absolute atomic E-state index is 13.5. The zero-order valence-electron chi connectivity index (χ0n) is 14.4. The minimum atomic E-state index is -1.83. The molecule has 2 fully saturated rings. The van der Waals surface area contributed by atoms with Gasteiger partial charge in [-0.25, -0.2) is 14.5 Å². The summed E-state index contributed by atoms with van der Waals surface area (Å²) in [7, 11) is 0. The lowest BCUT2D eigenvalue weighted by Crippen LogP contribution is -2.48. The Hall–Kier alpha value is -3.75. The summed E-state index contributed by atoms with van der Waals surface area (Å²) in [4.78, 5) is 51.7. The zero-order valence-corrected chi connectivity index (χ0v) is 14.4. The number of ether oxygens (including phenoxy) is 1. The smallest absolute Gasteiger partial charge is 0.341 e. The van der Waals surface area contributed by atoms with Gasteiger partial charge in [0.25, 0.3) is 11.4 Å². The van der Waals surface area contributed by atoms with Crippen molar-refractivity contribution < 1.29 is 24.0 Å². The Morgan fingerprint density at radius 3 is 2.36 bits per heavy atom. The van der Waals surface area contributed by atoms with Crippen LogP contribution in [0.1, 0.15) is 28.8 Å². The fourth-order valence-electron chi connectivity index (χ4n) is 3.82. The number of imide groups is 1. The van der Waals surface area contributed by atoms with Crippen LogP contribution in [0, 0.1) is 10.1 Å². The standard InChI is InChI=1S/C19H13N3O6/c23-16-14-3-1-2-4-15(14)19(28-16)17(24)20(18(25)21(19)12-7-8-12)11-5-9-13(10-6-11)22(26)27/h1-6,9-10,12H,7-8H2. The average Bonchev–Trinajstić information content (AvgIpc) is 3.44. The molecule has 0 N–H and O–H groups in total. The monoisotopic (exact) mass is 379 g/mol. The van der Waals surface area contributed by atoms with E-state index < -0.39 is 28.6 Å². The fourth-order valence-corrected chi connectivity index (χ4v) is 3.82. The van der Waals surface area contributed by atoms with Crippen LogP contribution in [0.4, 0.5) is 16.2 Å². The van der Waals surface area contributed by atoms with Gasteiger partial charge in [-0.2, -0.15) is 0 Å². The first-order chi connectivity index (χ1) is 13.4. The molecule has 2 heterocycles. The maximum Gasteiger partial charge on any atom is 0.341 e. The lowest BCUT2D eigenvalue weighted by molar-refractivity contribution is -0.384. The lowest BCUT2D eigenvalue weighted by atomic mass is 9.98. The Balaban J connectivity index is 1.65. The normalized spacial score (nSPS) is 23.4. The second-order valence-electron chi connectivity index (χ2n) is 6.88. The first kappa shape index (κ1) is 16.4. The fraction of sp³-hybridized carbons (Fsp3) is 0.211. The Bertz CT molecular complexity index is 1060. The van der Waals surface area contributed by atoms with E-state index in [1.807, 2.05) is 0 Å². The average molecular weight is 379 g/mol. The van der Waals surface area contributed by atoms with Gasteiger partial charge in [-0.1, -0.05) is 18.2 Å². The van der Waals surface area contributed by atoms with Crippen molar-refractivity contribution in [3.63, 3.8) is 0 Å². The third-order valence-electron chi connectivity index (χ3n) is 5.21. The highest BCUT2D eigenvalue weighted by atomic mass is 16.6. The van der Waals surface area contributed by atoms with E-state index in [1.54, 1.807) is 24.3 Å². The third kappa shape index (κ3) is 1.98. The first-order valence-electron chi connectivity index (χ1n) is 8.70. The number of nitro benzene ring substituents is 1. The predicted molar refractivity (Wildman–Crippen MR) is 94.4 cm³/mol. The van der Waals surface area contributed by atoms with Crippen LogP contribution in [0.2, 0.25) is 0 Å². The third-order valence-corrected chi connectivity index (χ3v) is 5.21. The van der Waals surface area contributed by atoms with Gasteiger partial charge in [-0.05, 0) is 31.0 Å². The first-order valence-corrected chi connectivity index (χ1v) is 8.70. The molecular weight excluding hydrogens is 366 g/mol. The lowest BCUT2D eigenvalue weighted by Gasteiger charge is -2.30. The number of hydrogen-bond acceptors (Lipinski definition) is 6. The number of esters is 1. The highest BCUT2D eigenvalue weighted by molar-refractivity contribution is 6.24. The van der Waals surface area contributed by atoms with Gasteiger partial charge in [0.2, 0.25) is 0 Å². The van der Waals surface area contributed by atoms with Gasteiger partial charge >= 0.3 is 17.9 Å². The van der Waals surface area contributed by atoms with Crippen LogP contribution in [0.5, 0.6) is 0 Å². The quantitative estimate of drug-likeness (QED) is 0.351. The van der Waals surface area contributed by atoms with Crippen molar-refractivity contribution in [1.29, 1.82) is 0 Å². The van der Waals surface area contributed by atoms with Gasteiger partial charge in [0.05, 0.1) is 16.2 Å². The SMILES string of the molecule is O=C1OC2(C(=O)N(c3ccc([N+](=O)[O-])cc3)C(=O)N2C2CC2)c2ccccc21. The number of rotatable bonds is 3. The van der Waals surface area contributed by atoms with E-state index in [-0.39, 0.29) is 23.0 Å². The van der Waals surface area contributed by atoms with Gasteiger partial charge in [-0.3, -0.25) is 19.8 Å². The largest absolute Gasteiger partial charge is 0.421 e. The molecule has 1 atom stereocenters. The minimum absolute atomic E-state index is 0.158. The highest BCUT2D eigenvalue weighted by Gasteiger charge is 2.68. The van der Waals surface area contributed by atoms with Crippen LogP contribution in [-0.4, -0.2) is 33.8 Å². The van der Waals surface area contributed by atoms with E-state index in [1.165, 1.54) is 29.2 Å². The molecule has 1 saturated heterocycles. The van der Waals surface area contributed by atoms with Gasteiger partial charge in [0, 0.05) is 23.7 Å². The molecule has 2 aromatic rings. The van der Waals surface area contributed by atoms with Crippen molar-refractivity contribution in [2.45, 2.75) is 24.6 Å². The number of urea groups is 1. The number of carbonyl (C=O) groups excluding carboxylic acids is 3. The predicted octanol–water partition coefficient (Wildman–Crippen LogP) is 2.55. The number of hydrogen-bond donors (Lipinski definition) is 0. The highest BCUT2D eigenvalue weighted by Crippen LogP contribution is 2.50. The number of amides is 3. The molecule has 1 aliphatic carbocycles. The number of nitrogens with zero attached hydrogens (tertiary/aromatic N) is 3. The van der Waals surface area contributed by atoms with E-state index in [0.717, 1.165) is 4.90 Å². The van der Waals surface area contributed by atoms with E-state index in [4.69, 9.17) is 4.74 Å². The molecule has 9 heteroatoms. The summed E-state index contributed by atoms with van der Waals surface area (Å²) in [5.74, 6) is -1.36. The summed E-state index contributed by atoms with van der Waals surface area (Å²) in [6.45, 7) is 0. The molecule has 9 nitrogen and oxygen atoms in total.